The molecule has 1 unspecified atom stereocenters. The van der Waals surface area contributed by atoms with Crippen LogP contribution in [0.15, 0.2) is 29.4 Å². The number of halogens is 2. The molecule has 5 nitrogen and oxygen atoms in total. The van der Waals surface area contributed by atoms with Gasteiger partial charge in [-0.3, -0.25) is 10.2 Å². The first-order valence-electron chi connectivity index (χ1n) is 8.59. The minimum atomic E-state index is -0.872. The lowest BCUT2D eigenvalue weighted by molar-refractivity contribution is -0.0829. The van der Waals surface area contributed by atoms with Crippen molar-refractivity contribution in [1.82, 2.24) is 9.88 Å². The molecule has 6 rings (SSSR count). The van der Waals surface area contributed by atoms with Crippen LogP contribution in [-0.2, 0) is 4.74 Å². The maximum absolute atomic E-state index is 13.4. The highest BCUT2D eigenvalue weighted by Gasteiger charge is 2.51. The molecule has 130 valence electrons. The van der Waals surface area contributed by atoms with E-state index in [0.29, 0.717) is 35.1 Å². The molecule has 4 aliphatic heterocycles. The predicted octanol–water partition coefficient (Wildman–Crippen LogP) is 2.78. The number of piperidine rings is 3. The van der Waals surface area contributed by atoms with E-state index < -0.39 is 11.6 Å². The van der Waals surface area contributed by atoms with Gasteiger partial charge in [0.25, 0.3) is 6.02 Å². The third kappa shape index (κ3) is 2.45. The van der Waals surface area contributed by atoms with Crippen molar-refractivity contribution in [3.05, 3.63) is 36.0 Å². The van der Waals surface area contributed by atoms with Crippen LogP contribution in [0.4, 0.5) is 14.6 Å². The summed E-state index contributed by atoms with van der Waals surface area (Å²) in [6.45, 7) is 3.87. The molecule has 2 aromatic rings. The zero-order valence-electron chi connectivity index (χ0n) is 13.6. The molecule has 1 spiro atoms. The number of anilines is 1. The van der Waals surface area contributed by atoms with Crippen LogP contribution in [0.3, 0.4) is 0 Å². The summed E-state index contributed by atoms with van der Waals surface area (Å²) in [7, 11) is 0. The largest absolute Gasteiger partial charge is 0.455 e. The van der Waals surface area contributed by atoms with E-state index in [1.165, 1.54) is 12.3 Å². The lowest BCUT2D eigenvalue weighted by Gasteiger charge is -2.50. The molecular formula is C18H18F2N4O. The average molecular weight is 344 g/mol. The highest BCUT2D eigenvalue weighted by atomic mass is 19.2. The number of nitrogens with one attached hydrogen (secondary N) is 1. The lowest BCUT2D eigenvalue weighted by atomic mass is 9.75. The number of aromatic nitrogens is 1. The number of benzene rings is 1. The van der Waals surface area contributed by atoms with Gasteiger partial charge >= 0.3 is 0 Å². The number of amidine groups is 1. The number of fused-ring (bicyclic) bond motifs is 3. The van der Waals surface area contributed by atoms with Crippen LogP contribution in [-0.4, -0.2) is 47.7 Å². The Morgan fingerprint density at radius 1 is 1.12 bits per heavy atom. The molecule has 25 heavy (non-hydrogen) atoms. The molecule has 0 saturated carbocycles. The summed E-state index contributed by atoms with van der Waals surface area (Å²) < 4.78 is 32.9. The molecule has 3 saturated heterocycles. The molecule has 0 radical (unpaired) electrons. The van der Waals surface area contributed by atoms with Crippen LogP contribution in [0.2, 0.25) is 0 Å². The molecule has 0 amide bonds. The van der Waals surface area contributed by atoms with Gasteiger partial charge in [0.05, 0.1) is 6.54 Å². The van der Waals surface area contributed by atoms with Gasteiger partial charge in [-0.25, -0.2) is 18.8 Å². The standard InChI is InChI=1S/C18H18F2N4O/c19-14-5-11-7-16(21-8-12(11)6-15(14)20)23-17-22-9-18(25-17)10-24-3-1-13(18)2-4-24/h5-8,13H,1-4,9-10H2,(H,21,22,23). The van der Waals surface area contributed by atoms with E-state index in [4.69, 9.17) is 4.74 Å². The van der Waals surface area contributed by atoms with Crippen LogP contribution in [0, 0.1) is 17.6 Å². The minimum Gasteiger partial charge on any atom is -0.455 e. The highest BCUT2D eigenvalue weighted by molar-refractivity contribution is 5.92. The molecule has 7 heteroatoms. The summed E-state index contributed by atoms with van der Waals surface area (Å²) in [6.07, 6.45) is 3.82. The van der Waals surface area contributed by atoms with Gasteiger partial charge < -0.3 is 4.74 Å². The molecule has 3 fully saturated rings. The summed E-state index contributed by atoms with van der Waals surface area (Å²) in [5, 5.41) is 4.21. The summed E-state index contributed by atoms with van der Waals surface area (Å²) in [6, 6.07) is 4.45. The van der Waals surface area contributed by atoms with Crippen molar-refractivity contribution < 1.29 is 13.5 Å². The third-order valence-electron chi connectivity index (χ3n) is 5.61. The van der Waals surface area contributed by atoms with E-state index in [9.17, 15) is 8.78 Å². The van der Waals surface area contributed by atoms with Crippen LogP contribution < -0.4 is 5.32 Å². The van der Waals surface area contributed by atoms with Gasteiger partial charge in [0.1, 0.15) is 11.4 Å². The Morgan fingerprint density at radius 3 is 2.60 bits per heavy atom. The Kier molecular flexibility index (Phi) is 3.22. The van der Waals surface area contributed by atoms with Crippen LogP contribution in [0.5, 0.6) is 0 Å². The zero-order chi connectivity index (χ0) is 17.0. The second-order valence-corrected chi connectivity index (χ2v) is 7.15. The smallest absolute Gasteiger partial charge is 0.291 e. The number of aliphatic imine (C=N–C) groups is 1. The van der Waals surface area contributed by atoms with E-state index in [1.807, 2.05) is 0 Å². The zero-order valence-corrected chi connectivity index (χ0v) is 13.6. The molecule has 2 bridgehead atoms. The Balaban J connectivity index is 1.36. The molecule has 5 heterocycles. The van der Waals surface area contributed by atoms with E-state index >= 15 is 0 Å². The molecule has 0 aliphatic carbocycles. The number of rotatable bonds is 1. The molecule has 4 aliphatic rings. The van der Waals surface area contributed by atoms with Crippen molar-refractivity contribution >= 4 is 22.6 Å². The number of hydrogen-bond acceptors (Lipinski definition) is 5. The van der Waals surface area contributed by atoms with Gasteiger partial charge in [-0.15, -0.1) is 0 Å². The minimum absolute atomic E-state index is 0.217. The summed E-state index contributed by atoms with van der Waals surface area (Å²) in [4.78, 5) is 11.2. The van der Waals surface area contributed by atoms with E-state index in [-0.39, 0.29) is 5.60 Å². The van der Waals surface area contributed by atoms with Crippen LogP contribution >= 0.6 is 0 Å². The number of ether oxygens (including phenoxy) is 1. The van der Waals surface area contributed by atoms with E-state index in [0.717, 1.165) is 38.5 Å². The second kappa shape index (κ2) is 5.36. The summed E-state index contributed by atoms with van der Waals surface area (Å²) in [5.74, 6) is -0.689. The van der Waals surface area contributed by atoms with Gasteiger partial charge in [0.2, 0.25) is 0 Å². The van der Waals surface area contributed by atoms with Gasteiger partial charge in [0, 0.05) is 24.0 Å². The Hall–Kier alpha value is -2.28. The Labute approximate surface area is 143 Å². The SMILES string of the molecule is Fc1cc2cnc(NC3=NCC4(CN5CCC4CC5)O3)cc2cc1F. The fourth-order valence-corrected chi connectivity index (χ4v) is 4.26. The first-order chi connectivity index (χ1) is 12.1. The van der Waals surface area contributed by atoms with Crippen molar-refractivity contribution in [3.63, 3.8) is 0 Å². The molecule has 1 atom stereocenters. The van der Waals surface area contributed by atoms with Crippen molar-refractivity contribution in [2.24, 2.45) is 10.9 Å². The monoisotopic (exact) mass is 344 g/mol. The van der Waals surface area contributed by atoms with E-state index in [1.54, 1.807) is 6.07 Å². The van der Waals surface area contributed by atoms with Crippen LogP contribution in [0.1, 0.15) is 12.8 Å². The third-order valence-corrected chi connectivity index (χ3v) is 5.61. The average Bonchev–Trinajstić information content (AvgIpc) is 2.99. The van der Waals surface area contributed by atoms with Crippen molar-refractivity contribution in [1.29, 1.82) is 0 Å². The molecule has 1 aromatic carbocycles. The normalized spacial score (nSPS) is 30.6. The van der Waals surface area contributed by atoms with Crippen LogP contribution in [0.25, 0.3) is 10.8 Å². The summed E-state index contributed by atoms with van der Waals surface area (Å²) >= 11 is 0. The Morgan fingerprint density at radius 2 is 1.88 bits per heavy atom. The Bertz CT molecular complexity index is 879. The fraction of sp³-hybridized carbons (Fsp3) is 0.444. The topological polar surface area (TPSA) is 49.8 Å². The van der Waals surface area contributed by atoms with Gasteiger partial charge in [0.15, 0.2) is 11.6 Å². The second-order valence-electron chi connectivity index (χ2n) is 7.15. The first-order valence-corrected chi connectivity index (χ1v) is 8.59. The highest BCUT2D eigenvalue weighted by Crippen LogP contribution is 2.40. The van der Waals surface area contributed by atoms with Crippen molar-refractivity contribution in [2.75, 3.05) is 31.5 Å². The van der Waals surface area contributed by atoms with Gasteiger partial charge in [-0.05, 0) is 49.5 Å². The number of hydrogen-bond donors (Lipinski definition) is 1. The first kappa shape index (κ1) is 15.0. The van der Waals surface area contributed by atoms with E-state index in [2.05, 4.69) is 20.2 Å². The lowest BCUT2D eigenvalue weighted by Crippen LogP contribution is -2.61. The molecular weight excluding hydrogens is 326 g/mol. The molecule has 1 aromatic heterocycles. The fourth-order valence-electron chi connectivity index (χ4n) is 4.26. The van der Waals surface area contributed by atoms with Gasteiger partial charge in [-0.1, -0.05) is 0 Å². The number of nitrogens with zero attached hydrogens (tertiary/aromatic N) is 3. The quantitative estimate of drug-likeness (QED) is 0.864. The maximum Gasteiger partial charge on any atom is 0.291 e. The predicted molar refractivity (Wildman–Crippen MR) is 90.6 cm³/mol. The van der Waals surface area contributed by atoms with Crippen molar-refractivity contribution in [2.45, 2.75) is 18.4 Å². The number of pyridine rings is 1. The maximum atomic E-state index is 13.4. The molecule has 1 N–H and O–H groups in total. The van der Waals surface area contributed by atoms with Crippen molar-refractivity contribution in [3.8, 4) is 0 Å². The van der Waals surface area contributed by atoms with Gasteiger partial charge in [-0.2, -0.15) is 0 Å². The summed E-state index contributed by atoms with van der Waals surface area (Å²) in [5.41, 5.74) is -0.217.